The van der Waals surface area contributed by atoms with Crippen LogP contribution >= 0.6 is 35.6 Å². The van der Waals surface area contributed by atoms with Crippen molar-refractivity contribution in [2.45, 2.75) is 25.3 Å². The van der Waals surface area contributed by atoms with E-state index in [2.05, 4.69) is 5.32 Å². The molecule has 1 aliphatic rings. The lowest BCUT2D eigenvalue weighted by molar-refractivity contribution is -0.124. The molecule has 2 rings (SSSR count). The zero-order valence-electron chi connectivity index (χ0n) is 11.5. The van der Waals surface area contributed by atoms with E-state index in [1.54, 1.807) is 18.2 Å². The first-order valence-corrected chi connectivity index (χ1v) is 7.42. The Balaban J connectivity index is 0.00000220. The number of hydrogen-bond acceptors (Lipinski definition) is 3. The van der Waals surface area contributed by atoms with E-state index >= 15 is 0 Å². The molecule has 0 radical (unpaired) electrons. The number of ether oxygens (including phenoxy) is 1. The summed E-state index contributed by atoms with van der Waals surface area (Å²) < 4.78 is 5.40. The van der Waals surface area contributed by atoms with Crippen LogP contribution in [0.25, 0.3) is 0 Å². The third-order valence-electron chi connectivity index (χ3n) is 3.51. The highest BCUT2D eigenvalue weighted by Crippen LogP contribution is 2.25. The Hall–Kier alpha value is -0.680. The molecule has 4 nitrogen and oxygen atoms in total. The molecule has 1 aliphatic carbocycles. The summed E-state index contributed by atoms with van der Waals surface area (Å²) in [6.07, 6.45) is 3.17. The second kappa shape index (κ2) is 8.69. The molecule has 118 valence electrons. The molecule has 0 aliphatic heterocycles. The Morgan fingerprint density at radius 3 is 2.57 bits per heavy atom. The SMILES string of the molecule is Cl.NCC1CCCC1NC(=O)COc1cc(Cl)cc(Cl)c1. The van der Waals surface area contributed by atoms with E-state index in [1.807, 2.05) is 0 Å². The second-order valence-electron chi connectivity index (χ2n) is 4.99. The van der Waals surface area contributed by atoms with Crippen LogP contribution in [0.1, 0.15) is 19.3 Å². The average Bonchev–Trinajstić information content (AvgIpc) is 2.82. The molecule has 0 heterocycles. The van der Waals surface area contributed by atoms with Crippen molar-refractivity contribution in [1.29, 1.82) is 0 Å². The molecular weight excluding hydrogens is 335 g/mol. The summed E-state index contributed by atoms with van der Waals surface area (Å²) >= 11 is 11.7. The number of carbonyl (C=O) groups excluding carboxylic acids is 1. The third kappa shape index (κ3) is 5.55. The van der Waals surface area contributed by atoms with E-state index in [-0.39, 0.29) is 31.0 Å². The maximum atomic E-state index is 11.9. The van der Waals surface area contributed by atoms with Crippen LogP contribution in [-0.2, 0) is 4.79 Å². The van der Waals surface area contributed by atoms with Crippen LogP contribution in [0.2, 0.25) is 10.0 Å². The number of nitrogens with two attached hydrogens (primary N) is 1. The smallest absolute Gasteiger partial charge is 0.258 e. The van der Waals surface area contributed by atoms with E-state index in [0.717, 1.165) is 19.3 Å². The third-order valence-corrected chi connectivity index (χ3v) is 3.95. The fourth-order valence-electron chi connectivity index (χ4n) is 2.52. The van der Waals surface area contributed by atoms with Crippen LogP contribution in [0.15, 0.2) is 18.2 Å². The van der Waals surface area contributed by atoms with Gasteiger partial charge in [-0.3, -0.25) is 4.79 Å². The summed E-state index contributed by atoms with van der Waals surface area (Å²) in [5.74, 6) is 0.713. The van der Waals surface area contributed by atoms with Crippen molar-refractivity contribution >= 4 is 41.5 Å². The summed E-state index contributed by atoms with van der Waals surface area (Å²) in [4.78, 5) is 11.9. The average molecular weight is 354 g/mol. The van der Waals surface area contributed by atoms with Gasteiger partial charge in [0.25, 0.3) is 5.91 Å². The Bertz CT molecular complexity index is 465. The molecule has 1 saturated carbocycles. The summed E-state index contributed by atoms with van der Waals surface area (Å²) in [5, 5.41) is 3.93. The van der Waals surface area contributed by atoms with Crippen LogP contribution < -0.4 is 15.8 Å². The van der Waals surface area contributed by atoms with E-state index in [0.29, 0.717) is 28.3 Å². The molecule has 3 N–H and O–H groups in total. The molecule has 1 fully saturated rings. The van der Waals surface area contributed by atoms with Gasteiger partial charge in [-0.25, -0.2) is 0 Å². The molecule has 1 aromatic carbocycles. The first kappa shape index (κ1) is 18.4. The first-order chi connectivity index (χ1) is 9.58. The molecule has 7 heteroatoms. The fourth-order valence-corrected chi connectivity index (χ4v) is 3.02. The minimum absolute atomic E-state index is 0. The van der Waals surface area contributed by atoms with Crippen molar-refractivity contribution in [3.63, 3.8) is 0 Å². The monoisotopic (exact) mass is 352 g/mol. The molecular formula is C14H19Cl3N2O2. The van der Waals surface area contributed by atoms with Crippen molar-refractivity contribution in [2.24, 2.45) is 11.7 Å². The van der Waals surface area contributed by atoms with E-state index < -0.39 is 0 Å². The molecule has 0 saturated heterocycles. The molecule has 0 bridgehead atoms. The number of rotatable bonds is 5. The Morgan fingerprint density at radius 1 is 1.29 bits per heavy atom. The van der Waals surface area contributed by atoms with Crippen LogP contribution in [-0.4, -0.2) is 25.1 Å². The van der Waals surface area contributed by atoms with Crippen molar-refractivity contribution in [2.75, 3.05) is 13.2 Å². The quantitative estimate of drug-likeness (QED) is 0.855. The first-order valence-electron chi connectivity index (χ1n) is 6.67. The zero-order valence-corrected chi connectivity index (χ0v) is 13.8. The van der Waals surface area contributed by atoms with Gasteiger partial charge in [0.1, 0.15) is 5.75 Å². The largest absolute Gasteiger partial charge is 0.484 e. The molecule has 0 aromatic heterocycles. The maximum absolute atomic E-state index is 11.9. The van der Waals surface area contributed by atoms with Gasteiger partial charge < -0.3 is 15.8 Å². The lowest BCUT2D eigenvalue weighted by atomic mass is 10.0. The van der Waals surface area contributed by atoms with E-state index in [9.17, 15) is 4.79 Å². The maximum Gasteiger partial charge on any atom is 0.258 e. The molecule has 2 unspecified atom stereocenters. The van der Waals surface area contributed by atoms with Gasteiger partial charge in [0, 0.05) is 16.1 Å². The standard InChI is InChI=1S/C14H18Cl2N2O2.ClH/c15-10-4-11(16)6-12(5-10)20-8-14(19)18-13-3-1-2-9(13)7-17;/h4-6,9,13H,1-3,7-8,17H2,(H,18,19);1H. The molecule has 1 aromatic rings. The van der Waals surface area contributed by atoms with Gasteiger partial charge in [-0.15, -0.1) is 12.4 Å². The van der Waals surface area contributed by atoms with Crippen LogP contribution in [0.3, 0.4) is 0 Å². The summed E-state index contributed by atoms with van der Waals surface area (Å²) in [6.45, 7) is 0.556. The highest BCUT2D eigenvalue weighted by Gasteiger charge is 2.27. The zero-order chi connectivity index (χ0) is 14.5. The highest BCUT2D eigenvalue weighted by atomic mass is 35.5. The fraction of sp³-hybridized carbons (Fsp3) is 0.500. The minimum atomic E-state index is -0.147. The molecule has 0 spiro atoms. The number of carbonyl (C=O) groups is 1. The Morgan fingerprint density at radius 2 is 1.95 bits per heavy atom. The van der Waals surface area contributed by atoms with Gasteiger partial charge in [-0.05, 0) is 43.5 Å². The van der Waals surface area contributed by atoms with Gasteiger partial charge in [0.05, 0.1) is 0 Å². The van der Waals surface area contributed by atoms with E-state index in [4.69, 9.17) is 33.7 Å². The Kier molecular flexibility index (Phi) is 7.60. The van der Waals surface area contributed by atoms with Gasteiger partial charge in [0.2, 0.25) is 0 Å². The van der Waals surface area contributed by atoms with Gasteiger partial charge in [0.15, 0.2) is 6.61 Å². The second-order valence-corrected chi connectivity index (χ2v) is 5.87. The molecule has 2 atom stereocenters. The lowest BCUT2D eigenvalue weighted by Crippen LogP contribution is -2.42. The van der Waals surface area contributed by atoms with Gasteiger partial charge >= 0.3 is 0 Å². The van der Waals surface area contributed by atoms with Gasteiger partial charge in [-0.1, -0.05) is 29.6 Å². The van der Waals surface area contributed by atoms with Crippen molar-refractivity contribution in [1.82, 2.24) is 5.32 Å². The number of nitrogens with one attached hydrogen (secondary N) is 1. The molecule has 21 heavy (non-hydrogen) atoms. The van der Waals surface area contributed by atoms with Crippen LogP contribution in [0.4, 0.5) is 0 Å². The number of halogens is 3. The number of hydrogen-bond donors (Lipinski definition) is 2. The number of benzene rings is 1. The summed E-state index contributed by atoms with van der Waals surface area (Å²) in [7, 11) is 0. The number of amides is 1. The van der Waals surface area contributed by atoms with Crippen molar-refractivity contribution in [3.8, 4) is 5.75 Å². The minimum Gasteiger partial charge on any atom is -0.484 e. The predicted molar refractivity (Wildman–Crippen MR) is 87.5 cm³/mol. The lowest BCUT2D eigenvalue weighted by Gasteiger charge is -2.19. The van der Waals surface area contributed by atoms with Crippen molar-refractivity contribution in [3.05, 3.63) is 28.2 Å². The topological polar surface area (TPSA) is 64.3 Å². The highest BCUT2D eigenvalue weighted by molar-refractivity contribution is 6.34. The normalized spacial score (nSPS) is 20.7. The summed E-state index contributed by atoms with van der Waals surface area (Å²) in [6, 6.07) is 5.03. The molecule has 1 amide bonds. The van der Waals surface area contributed by atoms with Gasteiger partial charge in [-0.2, -0.15) is 0 Å². The van der Waals surface area contributed by atoms with E-state index in [1.165, 1.54) is 0 Å². The predicted octanol–water partition coefficient (Wildman–Crippen LogP) is 3.04. The van der Waals surface area contributed by atoms with Crippen LogP contribution in [0.5, 0.6) is 5.75 Å². The van der Waals surface area contributed by atoms with Crippen LogP contribution in [0, 0.1) is 5.92 Å². The summed E-state index contributed by atoms with van der Waals surface area (Å²) in [5.41, 5.74) is 5.69. The Labute approximate surface area is 140 Å². The van der Waals surface area contributed by atoms with Crippen molar-refractivity contribution < 1.29 is 9.53 Å².